The zero-order chi connectivity index (χ0) is 19.3. The van der Waals surface area contributed by atoms with Gasteiger partial charge in [0.2, 0.25) is 0 Å². The van der Waals surface area contributed by atoms with E-state index in [-0.39, 0.29) is 0 Å². The number of nitrogens with zero attached hydrogens (tertiary/aromatic N) is 3. The third kappa shape index (κ3) is 3.83. The summed E-state index contributed by atoms with van der Waals surface area (Å²) in [5.41, 5.74) is 9.46. The number of amides is 1. The highest BCUT2D eigenvalue weighted by molar-refractivity contribution is 6.06. The molecule has 0 fully saturated rings. The summed E-state index contributed by atoms with van der Waals surface area (Å²) in [5, 5.41) is 4.11. The van der Waals surface area contributed by atoms with E-state index in [1.807, 2.05) is 24.3 Å². The second kappa shape index (κ2) is 7.87. The van der Waals surface area contributed by atoms with Crippen LogP contribution >= 0.6 is 0 Å². The van der Waals surface area contributed by atoms with E-state index >= 15 is 0 Å². The van der Waals surface area contributed by atoms with Gasteiger partial charge in [-0.1, -0.05) is 30.3 Å². The molecule has 2 heterocycles. The molecule has 2 aromatic carbocycles. The minimum atomic E-state index is -0.514. The Morgan fingerprint density at radius 3 is 2.68 bits per heavy atom. The Hall–Kier alpha value is -3.74. The SMILES string of the molecule is NC(=O)c1cc(NCc2ncc[nH]2)cc2c(CCc3ccccc3)ncnc12. The summed E-state index contributed by atoms with van der Waals surface area (Å²) >= 11 is 0. The zero-order valence-corrected chi connectivity index (χ0v) is 15.2. The number of aryl methyl sites for hydroxylation is 2. The largest absolute Gasteiger partial charge is 0.378 e. The van der Waals surface area contributed by atoms with Crippen LogP contribution in [-0.2, 0) is 19.4 Å². The Labute approximate surface area is 162 Å². The number of fused-ring (bicyclic) bond motifs is 1. The number of anilines is 1. The average molecular weight is 372 g/mol. The number of primary amides is 1. The Morgan fingerprint density at radius 2 is 1.93 bits per heavy atom. The molecule has 1 amide bonds. The van der Waals surface area contributed by atoms with Gasteiger partial charge in [0.1, 0.15) is 12.2 Å². The summed E-state index contributed by atoms with van der Waals surface area (Å²) in [4.78, 5) is 28.0. The van der Waals surface area contributed by atoms with E-state index < -0.39 is 5.91 Å². The number of aromatic amines is 1. The molecule has 0 aliphatic carbocycles. The van der Waals surface area contributed by atoms with Crippen molar-refractivity contribution in [2.75, 3.05) is 5.32 Å². The lowest BCUT2D eigenvalue weighted by Gasteiger charge is -2.12. The number of rotatable bonds is 7. The van der Waals surface area contributed by atoms with E-state index in [0.29, 0.717) is 17.6 Å². The first-order chi connectivity index (χ1) is 13.7. The number of hydrogen-bond acceptors (Lipinski definition) is 5. The molecule has 2 aromatic heterocycles. The molecule has 4 rings (SSSR count). The van der Waals surface area contributed by atoms with Crippen molar-refractivity contribution in [2.24, 2.45) is 5.73 Å². The van der Waals surface area contributed by atoms with Crippen LogP contribution in [0.5, 0.6) is 0 Å². The third-order valence-corrected chi connectivity index (χ3v) is 4.59. The molecule has 140 valence electrons. The first-order valence-electron chi connectivity index (χ1n) is 9.04. The average Bonchev–Trinajstić information content (AvgIpc) is 3.24. The fourth-order valence-corrected chi connectivity index (χ4v) is 3.20. The van der Waals surface area contributed by atoms with E-state index in [9.17, 15) is 4.79 Å². The molecule has 0 aliphatic rings. The van der Waals surface area contributed by atoms with Crippen molar-refractivity contribution in [2.45, 2.75) is 19.4 Å². The number of carbonyl (C=O) groups excluding carboxylic acids is 1. The molecule has 0 atom stereocenters. The van der Waals surface area contributed by atoms with Gasteiger partial charge >= 0.3 is 0 Å². The lowest BCUT2D eigenvalue weighted by molar-refractivity contribution is 0.100. The van der Waals surface area contributed by atoms with Crippen molar-refractivity contribution in [3.63, 3.8) is 0 Å². The van der Waals surface area contributed by atoms with Crippen LogP contribution in [0.3, 0.4) is 0 Å². The predicted octanol–water partition coefficient (Wildman–Crippen LogP) is 2.85. The summed E-state index contributed by atoms with van der Waals surface area (Å²) in [6.45, 7) is 0.504. The van der Waals surface area contributed by atoms with Crippen LogP contribution in [0.1, 0.15) is 27.4 Å². The molecule has 4 aromatic rings. The first kappa shape index (κ1) is 17.7. The second-order valence-electron chi connectivity index (χ2n) is 6.48. The molecule has 0 radical (unpaired) electrons. The van der Waals surface area contributed by atoms with E-state index in [4.69, 9.17) is 5.73 Å². The number of hydrogen-bond donors (Lipinski definition) is 3. The Balaban J connectivity index is 1.68. The number of nitrogens with one attached hydrogen (secondary N) is 2. The van der Waals surface area contributed by atoms with Gasteiger partial charge in [-0.25, -0.2) is 15.0 Å². The number of nitrogens with two attached hydrogens (primary N) is 1. The van der Waals surface area contributed by atoms with Gasteiger partial charge in [-0.3, -0.25) is 4.79 Å². The maximum absolute atomic E-state index is 12.0. The standard InChI is InChI=1S/C21H20N6O/c22-21(28)17-11-15(25-12-19-23-8-9-24-19)10-16-18(26-13-27-20(16)17)7-6-14-4-2-1-3-5-14/h1-5,8-11,13,25H,6-7,12H2,(H2,22,28)(H,23,24). The monoisotopic (exact) mass is 372 g/mol. The quantitative estimate of drug-likeness (QED) is 0.462. The van der Waals surface area contributed by atoms with Gasteiger partial charge in [0.25, 0.3) is 5.91 Å². The molecule has 7 heteroatoms. The summed E-state index contributed by atoms with van der Waals surface area (Å²) in [7, 11) is 0. The molecule has 0 aliphatic heterocycles. The van der Waals surface area contributed by atoms with Crippen LogP contribution in [0.4, 0.5) is 5.69 Å². The molecular formula is C21H20N6O. The highest BCUT2D eigenvalue weighted by atomic mass is 16.1. The van der Waals surface area contributed by atoms with Crippen molar-refractivity contribution < 1.29 is 4.79 Å². The van der Waals surface area contributed by atoms with E-state index in [1.54, 1.807) is 18.5 Å². The molecule has 28 heavy (non-hydrogen) atoms. The van der Waals surface area contributed by atoms with Gasteiger partial charge in [-0.2, -0.15) is 0 Å². The van der Waals surface area contributed by atoms with Gasteiger partial charge in [0.05, 0.1) is 23.3 Å². The Morgan fingerprint density at radius 1 is 1.07 bits per heavy atom. The highest BCUT2D eigenvalue weighted by Crippen LogP contribution is 2.25. The lowest BCUT2D eigenvalue weighted by atomic mass is 10.0. The molecule has 0 spiro atoms. The predicted molar refractivity (Wildman–Crippen MR) is 108 cm³/mol. The number of imidazole rings is 1. The molecule has 0 bridgehead atoms. The molecule has 7 nitrogen and oxygen atoms in total. The Kier molecular flexibility index (Phi) is 4.97. The number of benzene rings is 2. The number of carbonyl (C=O) groups is 1. The molecule has 0 unspecified atom stereocenters. The van der Waals surface area contributed by atoms with Crippen molar-refractivity contribution in [3.05, 3.63) is 83.8 Å². The minimum Gasteiger partial charge on any atom is -0.378 e. The first-order valence-corrected chi connectivity index (χ1v) is 9.04. The molecule has 0 saturated carbocycles. The summed E-state index contributed by atoms with van der Waals surface area (Å²) in [6.07, 6.45) is 6.54. The van der Waals surface area contributed by atoms with Gasteiger partial charge in [0, 0.05) is 23.5 Å². The highest BCUT2D eigenvalue weighted by Gasteiger charge is 2.14. The van der Waals surface area contributed by atoms with Crippen molar-refractivity contribution in [1.82, 2.24) is 19.9 Å². The van der Waals surface area contributed by atoms with Gasteiger partial charge in [0.15, 0.2) is 0 Å². The van der Waals surface area contributed by atoms with Crippen molar-refractivity contribution in [1.29, 1.82) is 0 Å². The number of H-pyrrole nitrogens is 1. The second-order valence-corrected chi connectivity index (χ2v) is 6.48. The van der Waals surface area contributed by atoms with Crippen molar-refractivity contribution in [3.8, 4) is 0 Å². The normalized spacial score (nSPS) is 10.9. The smallest absolute Gasteiger partial charge is 0.250 e. The third-order valence-electron chi connectivity index (χ3n) is 4.59. The van der Waals surface area contributed by atoms with Crippen LogP contribution in [0.15, 0.2) is 61.2 Å². The van der Waals surface area contributed by atoms with E-state index in [0.717, 1.165) is 35.4 Å². The van der Waals surface area contributed by atoms with Crippen LogP contribution in [0, 0.1) is 0 Å². The van der Waals surface area contributed by atoms with Crippen LogP contribution in [-0.4, -0.2) is 25.8 Å². The zero-order valence-electron chi connectivity index (χ0n) is 15.2. The fraction of sp³-hybridized carbons (Fsp3) is 0.143. The molecule has 0 saturated heterocycles. The van der Waals surface area contributed by atoms with Gasteiger partial charge < -0.3 is 16.0 Å². The van der Waals surface area contributed by atoms with Gasteiger partial charge in [-0.15, -0.1) is 0 Å². The summed E-state index contributed by atoms with van der Waals surface area (Å²) in [5.74, 6) is 0.286. The summed E-state index contributed by atoms with van der Waals surface area (Å²) < 4.78 is 0. The van der Waals surface area contributed by atoms with E-state index in [2.05, 4.69) is 37.4 Å². The number of aromatic nitrogens is 4. The minimum absolute atomic E-state index is 0.378. The molecule has 4 N–H and O–H groups in total. The van der Waals surface area contributed by atoms with Gasteiger partial charge in [-0.05, 0) is 30.5 Å². The van der Waals surface area contributed by atoms with Crippen LogP contribution < -0.4 is 11.1 Å². The lowest BCUT2D eigenvalue weighted by Crippen LogP contribution is -2.14. The summed E-state index contributed by atoms with van der Waals surface area (Å²) in [6, 6.07) is 13.9. The van der Waals surface area contributed by atoms with Crippen LogP contribution in [0.25, 0.3) is 10.9 Å². The van der Waals surface area contributed by atoms with Crippen molar-refractivity contribution >= 4 is 22.5 Å². The van der Waals surface area contributed by atoms with E-state index in [1.165, 1.54) is 11.9 Å². The maximum atomic E-state index is 12.0. The molecular weight excluding hydrogens is 352 g/mol. The maximum Gasteiger partial charge on any atom is 0.250 e. The topological polar surface area (TPSA) is 110 Å². The fourth-order valence-electron chi connectivity index (χ4n) is 3.20. The van der Waals surface area contributed by atoms with Crippen LogP contribution in [0.2, 0.25) is 0 Å². The Bertz CT molecular complexity index is 1090.